The van der Waals surface area contributed by atoms with Gasteiger partial charge in [0.2, 0.25) is 0 Å². The molecule has 2 nitrogen and oxygen atoms in total. The first kappa shape index (κ1) is 14.1. The Bertz CT molecular complexity index is 792. The summed E-state index contributed by atoms with van der Waals surface area (Å²) >= 11 is 0. The molecular weight excluding hydrogens is 272 g/mol. The van der Waals surface area contributed by atoms with E-state index in [1.54, 1.807) is 12.1 Å². The van der Waals surface area contributed by atoms with Crippen molar-refractivity contribution in [1.29, 1.82) is 0 Å². The lowest BCUT2D eigenvalue weighted by Gasteiger charge is -2.10. The van der Waals surface area contributed by atoms with E-state index in [0.717, 1.165) is 16.7 Å². The average molecular weight is 288 g/mol. The molecule has 0 saturated carbocycles. The maximum atomic E-state index is 12.5. The van der Waals surface area contributed by atoms with Crippen LogP contribution in [-0.2, 0) is 0 Å². The van der Waals surface area contributed by atoms with Crippen molar-refractivity contribution in [3.63, 3.8) is 0 Å². The van der Waals surface area contributed by atoms with Crippen LogP contribution in [0.1, 0.15) is 15.9 Å². The Morgan fingerprint density at radius 3 is 2.32 bits per heavy atom. The number of benzene rings is 3. The van der Waals surface area contributed by atoms with Gasteiger partial charge in [-0.05, 0) is 41.8 Å². The molecule has 0 saturated heterocycles. The van der Waals surface area contributed by atoms with E-state index in [2.05, 4.69) is 0 Å². The summed E-state index contributed by atoms with van der Waals surface area (Å²) in [6.07, 6.45) is 0. The van der Waals surface area contributed by atoms with Gasteiger partial charge in [0.05, 0.1) is 5.56 Å². The topological polar surface area (TPSA) is 26.3 Å². The smallest absolute Gasteiger partial charge is 0.344 e. The van der Waals surface area contributed by atoms with Crippen LogP contribution in [0.3, 0.4) is 0 Å². The molecule has 108 valence electrons. The van der Waals surface area contributed by atoms with E-state index < -0.39 is 0 Å². The van der Waals surface area contributed by atoms with Gasteiger partial charge in [0, 0.05) is 0 Å². The molecule has 3 rings (SSSR count). The number of esters is 1. The van der Waals surface area contributed by atoms with E-state index >= 15 is 0 Å². The first-order valence-corrected chi connectivity index (χ1v) is 7.17. The fourth-order valence-corrected chi connectivity index (χ4v) is 2.37. The number of carbonyl (C=O) groups excluding carboxylic acids is 1. The molecule has 0 atom stereocenters. The van der Waals surface area contributed by atoms with Crippen LogP contribution in [0.2, 0.25) is 0 Å². The third kappa shape index (κ3) is 3.07. The first-order valence-electron chi connectivity index (χ1n) is 7.17. The van der Waals surface area contributed by atoms with Crippen molar-refractivity contribution >= 4 is 5.97 Å². The van der Waals surface area contributed by atoms with Gasteiger partial charge < -0.3 is 4.74 Å². The molecule has 0 aliphatic rings. The standard InChI is InChI=1S/C20H16O2/c1-15-8-7-11-17(14-15)22-20(21)19-13-6-5-12-18(19)16-9-3-2-4-10-16/h2-14H,1H3. The molecule has 0 N–H and O–H groups in total. The molecule has 2 heteroatoms. The predicted molar refractivity (Wildman–Crippen MR) is 88.0 cm³/mol. The zero-order valence-corrected chi connectivity index (χ0v) is 12.3. The average Bonchev–Trinajstić information content (AvgIpc) is 2.56. The summed E-state index contributed by atoms with van der Waals surface area (Å²) in [6.45, 7) is 1.97. The van der Waals surface area contributed by atoms with Crippen LogP contribution >= 0.6 is 0 Å². The van der Waals surface area contributed by atoms with Crippen molar-refractivity contribution in [2.24, 2.45) is 0 Å². The Morgan fingerprint density at radius 1 is 0.818 bits per heavy atom. The Morgan fingerprint density at radius 2 is 1.55 bits per heavy atom. The largest absolute Gasteiger partial charge is 0.423 e. The van der Waals surface area contributed by atoms with E-state index in [4.69, 9.17) is 4.74 Å². The fraction of sp³-hybridized carbons (Fsp3) is 0.0500. The van der Waals surface area contributed by atoms with Gasteiger partial charge in [0.15, 0.2) is 0 Å². The van der Waals surface area contributed by atoms with Crippen molar-refractivity contribution in [3.8, 4) is 16.9 Å². The van der Waals surface area contributed by atoms with Crippen LogP contribution in [0.4, 0.5) is 0 Å². The summed E-state index contributed by atoms with van der Waals surface area (Å²) < 4.78 is 5.50. The van der Waals surface area contributed by atoms with Crippen LogP contribution in [0, 0.1) is 6.92 Å². The highest BCUT2D eigenvalue weighted by Crippen LogP contribution is 2.25. The molecule has 3 aromatic carbocycles. The number of rotatable bonds is 3. The number of hydrogen-bond acceptors (Lipinski definition) is 2. The van der Waals surface area contributed by atoms with Crippen molar-refractivity contribution in [2.75, 3.05) is 0 Å². The van der Waals surface area contributed by atoms with Gasteiger partial charge >= 0.3 is 5.97 Å². The fourth-order valence-electron chi connectivity index (χ4n) is 2.37. The van der Waals surface area contributed by atoms with Crippen LogP contribution in [-0.4, -0.2) is 5.97 Å². The van der Waals surface area contributed by atoms with Gasteiger partial charge in [-0.25, -0.2) is 4.79 Å². The molecular formula is C20H16O2. The Kier molecular flexibility index (Phi) is 4.01. The van der Waals surface area contributed by atoms with Crippen LogP contribution in [0.5, 0.6) is 5.75 Å². The van der Waals surface area contributed by atoms with E-state index in [1.807, 2.05) is 73.7 Å². The molecule has 0 bridgehead atoms. The summed E-state index contributed by atoms with van der Waals surface area (Å²) in [6, 6.07) is 24.8. The number of aryl methyl sites for hydroxylation is 1. The minimum atomic E-state index is -0.343. The zero-order chi connectivity index (χ0) is 15.4. The molecule has 0 heterocycles. The van der Waals surface area contributed by atoms with Crippen LogP contribution in [0.15, 0.2) is 78.9 Å². The molecule has 0 radical (unpaired) electrons. The predicted octanol–water partition coefficient (Wildman–Crippen LogP) is 4.88. The molecule has 3 aromatic rings. The maximum absolute atomic E-state index is 12.5. The van der Waals surface area contributed by atoms with Gasteiger partial charge in [-0.1, -0.05) is 60.7 Å². The first-order chi connectivity index (χ1) is 10.7. The van der Waals surface area contributed by atoms with Gasteiger partial charge in [0.25, 0.3) is 0 Å². The third-order valence-corrected chi connectivity index (χ3v) is 3.43. The second-order valence-corrected chi connectivity index (χ2v) is 5.12. The van der Waals surface area contributed by atoms with Crippen molar-refractivity contribution in [3.05, 3.63) is 90.0 Å². The summed E-state index contributed by atoms with van der Waals surface area (Å²) in [7, 11) is 0. The lowest BCUT2D eigenvalue weighted by molar-refractivity contribution is 0.0735. The lowest BCUT2D eigenvalue weighted by Crippen LogP contribution is -2.10. The van der Waals surface area contributed by atoms with E-state index in [9.17, 15) is 4.79 Å². The zero-order valence-electron chi connectivity index (χ0n) is 12.3. The SMILES string of the molecule is Cc1cccc(OC(=O)c2ccccc2-c2ccccc2)c1. The Labute approximate surface area is 130 Å². The number of ether oxygens (including phenoxy) is 1. The molecule has 0 aliphatic carbocycles. The van der Waals surface area contributed by atoms with Crippen molar-refractivity contribution in [1.82, 2.24) is 0 Å². The van der Waals surface area contributed by atoms with Crippen LogP contribution in [0.25, 0.3) is 11.1 Å². The molecule has 22 heavy (non-hydrogen) atoms. The highest BCUT2D eigenvalue weighted by molar-refractivity contribution is 5.98. The summed E-state index contributed by atoms with van der Waals surface area (Å²) in [5.74, 6) is 0.220. The van der Waals surface area contributed by atoms with Gasteiger partial charge in [-0.2, -0.15) is 0 Å². The Hall–Kier alpha value is -2.87. The summed E-state index contributed by atoms with van der Waals surface area (Å²) in [5.41, 5.74) is 3.50. The molecule has 0 unspecified atom stereocenters. The lowest BCUT2D eigenvalue weighted by atomic mass is 10.00. The van der Waals surface area contributed by atoms with Crippen molar-refractivity contribution in [2.45, 2.75) is 6.92 Å². The second kappa shape index (κ2) is 6.27. The van der Waals surface area contributed by atoms with E-state index in [-0.39, 0.29) is 5.97 Å². The minimum Gasteiger partial charge on any atom is -0.423 e. The van der Waals surface area contributed by atoms with Gasteiger partial charge in [-0.15, -0.1) is 0 Å². The molecule has 0 fully saturated rings. The van der Waals surface area contributed by atoms with E-state index in [0.29, 0.717) is 11.3 Å². The van der Waals surface area contributed by atoms with E-state index in [1.165, 1.54) is 0 Å². The van der Waals surface area contributed by atoms with Crippen LogP contribution < -0.4 is 4.74 Å². The minimum absolute atomic E-state index is 0.343. The highest BCUT2D eigenvalue weighted by Gasteiger charge is 2.14. The van der Waals surface area contributed by atoms with Gasteiger partial charge in [-0.3, -0.25) is 0 Å². The second-order valence-electron chi connectivity index (χ2n) is 5.12. The normalized spacial score (nSPS) is 10.2. The highest BCUT2D eigenvalue weighted by atomic mass is 16.5. The number of hydrogen-bond donors (Lipinski definition) is 0. The molecule has 0 spiro atoms. The quantitative estimate of drug-likeness (QED) is 0.507. The Balaban J connectivity index is 1.93. The maximum Gasteiger partial charge on any atom is 0.344 e. The third-order valence-electron chi connectivity index (χ3n) is 3.43. The van der Waals surface area contributed by atoms with Gasteiger partial charge in [0.1, 0.15) is 5.75 Å². The molecule has 0 aliphatic heterocycles. The monoisotopic (exact) mass is 288 g/mol. The van der Waals surface area contributed by atoms with Crippen molar-refractivity contribution < 1.29 is 9.53 Å². The summed E-state index contributed by atoms with van der Waals surface area (Å²) in [4.78, 5) is 12.5. The molecule has 0 aromatic heterocycles. The summed E-state index contributed by atoms with van der Waals surface area (Å²) in [5, 5.41) is 0. The number of carbonyl (C=O) groups is 1. The molecule has 0 amide bonds.